The molecule has 0 spiro atoms. The van der Waals surface area contributed by atoms with E-state index < -0.39 is 5.97 Å². The van der Waals surface area contributed by atoms with Crippen molar-refractivity contribution in [3.05, 3.63) is 60.8 Å². The van der Waals surface area contributed by atoms with Gasteiger partial charge in [-0.15, -0.1) is 0 Å². The van der Waals surface area contributed by atoms with Crippen LogP contribution in [-0.2, 0) is 14.3 Å². The molecule has 298 valence electrons. The van der Waals surface area contributed by atoms with Gasteiger partial charge in [0.25, 0.3) is 0 Å². The molecule has 4 aliphatic carbocycles. The van der Waals surface area contributed by atoms with E-state index in [2.05, 4.69) is 88.5 Å². The minimum Gasteiger partial charge on any atom is -0.481 e. The Balaban J connectivity index is 1.06. The standard InChI is InChI=1S/C48H76O5/c1-5-6-7-8-9-10-11-12-13-14-15-16-17-18-19-20-21-22-23-24-25-26-46(52)53-39-33-34-47(3)38(35-39)28-29-40-42-31-30-41(37(2)27-32-45(50)51)48(42,4)44(49)36-43(40)47/h6-7,9-10,12-13,15-16,18-19,37-44,49H,5,8,11,14,17,20-36H2,1-4H3,(H,50,51)/b7-6-,10-9-,13-12-,16-15-,19-18-. The van der Waals surface area contributed by atoms with Crippen LogP contribution in [0.25, 0.3) is 0 Å². The van der Waals surface area contributed by atoms with Crippen molar-refractivity contribution >= 4 is 11.9 Å². The second-order valence-corrected chi connectivity index (χ2v) is 17.8. The molecule has 4 saturated carbocycles. The van der Waals surface area contributed by atoms with Crippen LogP contribution in [0.15, 0.2) is 60.8 Å². The van der Waals surface area contributed by atoms with Crippen LogP contribution in [0.5, 0.6) is 0 Å². The molecule has 0 aliphatic heterocycles. The van der Waals surface area contributed by atoms with Gasteiger partial charge in [-0.05, 0) is 155 Å². The van der Waals surface area contributed by atoms with Crippen molar-refractivity contribution in [1.29, 1.82) is 0 Å². The molecule has 5 heteroatoms. The highest BCUT2D eigenvalue weighted by atomic mass is 16.5. The molecule has 10 atom stereocenters. The summed E-state index contributed by atoms with van der Waals surface area (Å²) >= 11 is 0. The number of ether oxygens (including phenoxy) is 1. The normalized spacial score (nSPS) is 33.6. The molecule has 0 bridgehead atoms. The summed E-state index contributed by atoms with van der Waals surface area (Å²) in [4.78, 5) is 24.1. The third kappa shape index (κ3) is 12.3. The number of carboxylic acid groups (broad SMARTS) is 1. The molecule has 4 aliphatic rings. The zero-order chi connectivity index (χ0) is 38.1. The number of rotatable bonds is 22. The summed E-state index contributed by atoms with van der Waals surface area (Å²) in [5, 5.41) is 21.1. The van der Waals surface area contributed by atoms with Crippen molar-refractivity contribution in [3.63, 3.8) is 0 Å². The van der Waals surface area contributed by atoms with E-state index in [4.69, 9.17) is 4.74 Å². The molecular weight excluding hydrogens is 657 g/mol. The summed E-state index contributed by atoms with van der Waals surface area (Å²) < 4.78 is 6.10. The van der Waals surface area contributed by atoms with Gasteiger partial charge >= 0.3 is 11.9 Å². The SMILES string of the molecule is CC/C=C\C/C=C\C/C=C\C/C=C\C/C=C\CCCCCCCC(=O)OC1CCC2(C)C(CCC3C2CC(O)C2(C)C(C(C)CCC(=O)O)CCC32)C1. The fraction of sp³-hybridized carbons (Fsp3) is 0.750. The van der Waals surface area contributed by atoms with Crippen LogP contribution in [0.4, 0.5) is 0 Å². The number of esters is 1. The van der Waals surface area contributed by atoms with Gasteiger partial charge in [-0.2, -0.15) is 0 Å². The highest BCUT2D eigenvalue weighted by Gasteiger charge is 2.63. The van der Waals surface area contributed by atoms with Gasteiger partial charge in [0.05, 0.1) is 6.10 Å². The molecule has 0 aromatic rings. The minimum absolute atomic E-state index is 0.0102. The predicted molar refractivity (Wildman–Crippen MR) is 219 cm³/mol. The summed E-state index contributed by atoms with van der Waals surface area (Å²) in [6.45, 7) is 9.21. The number of hydrogen-bond donors (Lipinski definition) is 2. The van der Waals surface area contributed by atoms with E-state index in [1.807, 2.05) is 0 Å². The lowest BCUT2D eigenvalue weighted by molar-refractivity contribution is -0.181. The molecule has 10 unspecified atom stereocenters. The van der Waals surface area contributed by atoms with Crippen molar-refractivity contribution < 1.29 is 24.5 Å². The number of carbonyl (C=O) groups excluding carboxylic acids is 1. The Hall–Kier alpha value is -2.40. The van der Waals surface area contributed by atoms with Gasteiger partial charge in [0.15, 0.2) is 0 Å². The van der Waals surface area contributed by atoms with Gasteiger partial charge in [-0.1, -0.05) is 108 Å². The van der Waals surface area contributed by atoms with E-state index in [1.165, 1.54) is 38.5 Å². The Kier molecular flexibility index (Phi) is 18.2. The van der Waals surface area contributed by atoms with E-state index >= 15 is 0 Å². The second-order valence-electron chi connectivity index (χ2n) is 17.8. The average molecular weight is 733 g/mol. The molecule has 0 heterocycles. The minimum atomic E-state index is -0.715. The number of aliphatic carboxylic acids is 1. The maximum Gasteiger partial charge on any atom is 0.306 e. The molecule has 4 rings (SSSR count). The number of unbranched alkanes of at least 4 members (excludes halogenated alkanes) is 5. The van der Waals surface area contributed by atoms with Crippen molar-refractivity contribution in [3.8, 4) is 0 Å². The Labute approximate surface area is 323 Å². The van der Waals surface area contributed by atoms with Gasteiger partial charge in [0.2, 0.25) is 0 Å². The molecule has 0 amide bonds. The van der Waals surface area contributed by atoms with E-state index in [9.17, 15) is 19.8 Å². The third-order valence-electron chi connectivity index (χ3n) is 14.5. The van der Waals surface area contributed by atoms with Gasteiger partial charge in [-0.3, -0.25) is 9.59 Å². The maximum atomic E-state index is 12.8. The number of allylic oxidation sites excluding steroid dienone is 10. The van der Waals surface area contributed by atoms with Gasteiger partial charge in [0.1, 0.15) is 6.10 Å². The lowest BCUT2D eigenvalue weighted by atomic mass is 9.43. The van der Waals surface area contributed by atoms with Crippen LogP contribution >= 0.6 is 0 Å². The summed E-state index contributed by atoms with van der Waals surface area (Å²) in [5.74, 6) is 2.26. The number of aliphatic hydroxyl groups excluding tert-OH is 1. The van der Waals surface area contributed by atoms with Gasteiger partial charge in [-0.25, -0.2) is 0 Å². The van der Waals surface area contributed by atoms with Crippen LogP contribution in [0.2, 0.25) is 0 Å². The van der Waals surface area contributed by atoms with Crippen molar-refractivity contribution in [2.45, 2.75) is 181 Å². The van der Waals surface area contributed by atoms with Gasteiger partial charge < -0.3 is 14.9 Å². The van der Waals surface area contributed by atoms with E-state index in [0.29, 0.717) is 48.3 Å². The maximum absolute atomic E-state index is 12.8. The number of carbonyl (C=O) groups is 2. The summed E-state index contributed by atoms with van der Waals surface area (Å²) in [6.07, 6.45) is 44.1. The highest BCUT2D eigenvalue weighted by molar-refractivity contribution is 5.69. The lowest BCUT2D eigenvalue weighted by Gasteiger charge is -2.62. The van der Waals surface area contributed by atoms with Crippen molar-refractivity contribution in [1.82, 2.24) is 0 Å². The summed E-state index contributed by atoms with van der Waals surface area (Å²) in [6, 6.07) is 0. The predicted octanol–water partition coefficient (Wildman–Crippen LogP) is 12.5. The van der Waals surface area contributed by atoms with Crippen molar-refractivity contribution in [2.75, 3.05) is 0 Å². The molecule has 2 N–H and O–H groups in total. The zero-order valence-corrected chi connectivity index (χ0v) is 34.1. The average Bonchev–Trinajstić information content (AvgIpc) is 3.50. The first-order valence-corrected chi connectivity index (χ1v) is 22.0. The fourth-order valence-electron chi connectivity index (χ4n) is 11.5. The monoisotopic (exact) mass is 733 g/mol. The third-order valence-corrected chi connectivity index (χ3v) is 14.5. The molecule has 4 fully saturated rings. The number of hydrogen-bond acceptors (Lipinski definition) is 4. The van der Waals surface area contributed by atoms with Crippen LogP contribution < -0.4 is 0 Å². The quantitative estimate of drug-likeness (QED) is 0.0658. The van der Waals surface area contributed by atoms with Crippen LogP contribution in [0.3, 0.4) is 0 Å². The largest absolute Gasteiger partial charge is 0.481 e. The second kappa shape index (κ2) is 22.2. The van der Waals surface area contributed by atoms with Gasteiger partial charge in [0, 0.05) is 12.8 Å². The summed E-state index contributed by atoms with van der Waals surface area (Å²) in [5.41, 5.74) is 0.0963. The fourth-order valence-corrected chi connectivity index (χ4v) is 11.5. The van der Waals surface area contributed by atoms with Crippen molar-refractivity contribution in [2.24, 2.45) is 46.3 Å². The number of aliphatic hydroxyl groups is 1. The molecule has 5 nitrogen and oxygen atoms in total. The molecule has 0 aromatic heterocycles. The van der Waals surface area contributed by atoms with Crippen LogP contribution in [0, 0.1) is 46.3 Å². The number of fused-ring (bicyclic) bond motifs is 5. The zero-order valence-electron chi connectivity index (χ0n) is 34.1. The number of carboxylic acids is 1. The Morgan fingerprint density at radius 2 is 1.36 bits per heavy atom. The summed E-state index contributed by atoms with van der Waals surface area (Å²) in [7, 11) is 0. The van der Waals surface area contributed by atoms with Crippen LogP contribution in [0.1, 0.15) is 169 Å². The van der Waals surface area contributed by atoms with Crippen LogP contribution in [-0.4, -0.2) is 34.4 Å². The van der Waals surface area contributed by atoms with E-state index in [1.54, 1.807) is 0 Å². The molecule has 0 aromatic carbocycles. The molecule has 0 radical (unpaired) electrons. The first kappa shape index (κ1) is 43.3. The topological polar surface area (TPSA) is 83.8 Å². The molecular formula is C48H76O5. The highest BCUT2D eigenvalue weighted by Crippen LogP contribution is 2.68. The first-order valence-electron chi connectivity index (χ1n) is 22.0. The van der Waals surface area contributed by atoms with E-state index in [0.717, 1.165) is 83.5 Å². The lowest BCUT2D eigenvalue weighted by Crippen LogP contribution is -2.59. The molecule has 53 heavy (non-hydrogen) atoms. The Bertz CT molecular complexity index is 1260. The smallest absolute Gasteiger partial charge is 0.306 e. The first-order chi connectivity index (χ1) is 25.6. The Morgan fingerprint density at radius 3 is 2.02 bits per heavy atom. The Morgan fingerprint density at radius 1 is 0.736 bits per heavy atom. The molecule has 0 saturated heterocycles. The van der Waals surface area contributed by atoms with E-state index in [-0.39, 0.29) is 35.4 Å².